The Hall–Kier alpha value is -3.19. The molecule has 3 rings (SSSR count). The minimum absolute atomic E-state index is 0.170. The molecule has 7 heteroatoms. The molecule has 0 amide bonds. The summed E-state index contributed by atoms with van der Waals surface area (Å²) >= 11 is 5.17. The molecule has 0 unspecified atom stereocenters. The van der Waals surface area contributed by atoms with Crippen molar-refractivity contribution >= 4 is 29.2 Å². The second kappa shape index (κ2) is 7.59. The Balaban J connectivity index is 1.71. The maximum Gasteiger partial charge on any atom is 0.280 e. The van der Waals surface area contributed by atoms with Crippen LogP contribution in [0.15, 0.2) is 70.6 Å². The Bertz CT molecular complexity index is 945. The Kier molecular flexibility index (Phi) is 5.06. The second-order valence-corrected chi connectivity index (χ2v) is 5.72. The van der Waals surface area contributed by atoms with E-state index < -0.39 is 0 Å². The summed E-state index contributed by atoms with van der Waals surface area (Å²) in [5.41, 5.74) is 5.36. The lowest BCUT2D eigenvalue weighted by atomic mass is 10.3. The van der Waals surface area contributed by atoms with Gasteiger partial charge in [0, 0.05) is 11.4 Å². The summed E-state index contributed by atoms with van der Waals surface area (Å²) in [6.07, 6.45) is 1.46. The summed E-state index contributed by atoms with van der Waals surface area (Å²) in [4.78, 5) is 12.5. The Morgan fingerprint density at radius 1 is 1.12 bits per heavy atom. The zero-order valence-corrected chi connectivity index (χ0v) is 14.4. The number of aryl methyl sites for hydroxylation is 1. The van der Waals surface area contributed by atoms with Crippen LogP contribution in [-0.4, -0.2) is 21.1 Å². The number of nitrogens with zero attached hydrogens (tertiary/aromatic N) is 2. The fourth-order valence-corrected chi connectivity index (χ4v) is 2.48. The van der Waals surface area contributed by atoms with Crippen LogP contribution in [0.25, 0.3) is 5.69 Å². The highest BCUT2D eigenvalue weighted by atomic mass is 32.1. The smallest absolute Gasteiger partial charge is 0.280 e. The van der Waals surface area contributed by atoms with E-state index in [-0.39, 0.29) is 5.56 Å². The summed E-state index contributed by atoms with van der Waals surface area (Å²) in [5.74, 6) is 0. The zero-order valence-electron chi connectivity index (χ0n) is 13.6. The van der Waals surface area contributed by atoms with Gasteiger partial charge in [0.25, 0.3) is 5.56 Å². The number of hydrogen-bond donors (Lipinski definition) is 3. The molecule has 6 nitrogen and oxygen atoms in total. The average molecular weight is 351 g/mol. The van der Waals surface area contributed by atoms with Crippen molar-refractivity contribution in [3.8, 4) is 5.69 Å². The van der Waals surface area contributed by atoms with E-state index in [0.717, 1.165) is 17.1 Å². The molecule has 0 aliphatic heterocycles. The van der Waals surface area contributed by atoms with Gasteiger partial charge in [-0.3, -0.25) is 15.3 Å². The molecule has 1 aromatic heterocycles. The molecule has 0 bridgehead atoms. The van der Waals surface area contributed by atoms with E-state index in [1.54, 1.807) is 0 Å². The minimum atomic E-state index is -0.170. The third-order valence-electron chi connectivity index (χ3n) is 3.52. The monoisotopic (exact) mass is 351 g/mol. The second-order valence-electron chi connectivity index (χ2n) is 5.32. The third-order valence-corrected chi connectivity index (χ3v) is 3.72. The van der Waals surface area contributed by atoms with Gasteiger partial charge in [0.05, 0.1) is 17.5 Å². The van der Waals surface area contributed by atoms with Crippen LogP contribution in [0, 0.1) is 6.92 Å². The Labute approximate surface area is 150 Å². The van der Waals surface area contributed by atoms with Crippen molar-refractivity contribution in [2.24, 2.45) is 5.10 Å². The van der Waals surface area contributed by atoms with Crippen molar-refractivity contribution in [1.29, 1.82) is 0 Å². The molecule has 0 radical (unpaired) electrons. The largest absolute Gasteiger partial charge is 0.331 e. The van der Waals surface area contributed by atoms with Gasteiger partial charge in [-0.1, -0.05) is 36.4 Å². The van der Waals surface area contributed by atoms with Crippen molar-refractivity contribution in [3.63, 3.8) is 0 Å². The predicted octanol–water partition coefficient (Wildman–Crippen LogP) is 2.79. The van der Waals surface area contributed by atoms with E-state index in [1.807, 2.05) is 67.6 Å². The normalized spacial score (nSPS) is 10.8. The van der Waals surface area contributed by atoms with Crippen LogP contribution in [0.1, 0.15) is 11.3 Å². The van der Waals surface area contributed by atoms with Crippen LogP contribution < -0.4 is 16.3 Å². The summed E-state index contributed by atoms with van der Waals surface area (Å²) in [6.45, 7) is 1.82. The molecule has 126 valence electrons. The lowest BCUT2D eigenvalue weighted by molar-refractivity contribution is 0.835. The highest BCUT2D eigenvalue weighted by Crippen LogP contribution is 2.06. The van der Waals surface area contributed by atoms with Crippen LogP contribution in [0.3, 0.4) is 0 Å². The maximum atomic E-state index is 12.5. The third kappa shape index (κ3) is 4.02. The molecule has 0 aliphatic carbocycles. The molecule has 0 atom stereocenters. The summed E-state index contributed by atoms with van der Waals surface area (Å²) in [5, 5.41) is 10.4. The van der Waals surface area contributed by atoms with Crippen molar-refractivity contribution in [1.82, 2.24) is 15.2 Å². The van der Waals surface area contributed by atoms with Crippen LogP contribution in [0.4, 0.5) is 5.69 Å². The van der Waals surface area contributed by atoms with E-state index in [9.17, 15) is 4.79 Å². The Morgan fingerprint density at radius 3 is 2.44 bits per heavy atom. The lowest BCUT2D eigenvalue weighted by Crippen LogP contribution is -2.24. The first-order valence-corrected chi connectivity index (χ1v) is 8.08. The van der Waals surface area contributed by atoms with Gasteiger partial charge in [-0.25, -0.2) is 4.68 Å². The van der Waals surface area contributed by atoms with Gasteiger partial charge in [0.15, 0.2) is 5.11 Å². The molecule has 3 N–H and O–H groups in total. The number of nitrogens with one attached hydrogen (secondary N) is 3. The van der Waals surface area contributed by atoms with Gasteiger partial charge < -0.3 is 5.32 Å². The van der Waals surface area contributed by atoms with Crippen molar-refractivity contribution in [2.75, 3.05) is 5.32 Å². The Morgan fingerprint density at radius 2 is 1.76 bits per heavy atom. The van der Waals surface area contributed by atoms with E-state index >= 15 is 0 Å². The molecule has 2 aromatic carbocycles. The van der Waals surface area contributed by atoms with Gasteiger partial charge >= 0.3 is 0 Å². The topological polar surface area (TPSA) is 74.2 Å². The highest BCUT2D eigenvalue weighted by molar-refractivity contribution is 7.80. The summed E-state index contributed by atoms with van der Waals surface area (Å²) < 4.78 is 1.48. The molecule has 1 heterocycles. The summed E-state index contributed by atoms with van der Waals surface area (Å²) in [6, 6.07) is 18.9. The van der Waals surface area contributed by atoms with Gasteiger partial charge in [-0.15, -0.1) is 0 Å². The van der Waals surface area contributed by atoms with Crippen LogP contribution in [0.5, 0.6) is 0 Å². The summed E-state index contributed by atoms with van der Waals surface area (Å²) in [7, 11) is 0. The molecule has 0 saturated heterocycles. The van der Waals surface area contributed by atoms with Gasteiger partial charge in [-0.05, 0) is 43.4 Å². The first kappa shape index (κ1) is 16.7. The average Bonchev–Trinajstić information content (AvgIpc) is 2.91. The molecular weight excluding hydrogens is 334 g/mol. The first-order valence-electron chi connectivity index (χ1n) is 7.67. The molecular formula is C18H17N5OS. The molecule has 0 fully saturated rings. The molecule has 3 aromatic rings. The van der Waals surface area contributed by atoms with E-state index in [1.165, 1.54) is 10.9 Å². The molecule has 0 aliphatic rings. The number of aromatic amines is 1. The number of rotatable bonds is 4. The highest BCUT2D eigenvalue weighted by Gasteiger charge is 2.10. The van der Waals surface area contributed by atoms with Gasteiger partial charge in [0.2, 0.25) is 0 Å². The van der Waals surface area contributed by atoms with Crippen LogP contribution in [0.2, 0.25) is 0 Å². The number of thiocarbonyl (C=S) groups is 1. The number of aromatic nitrogens is 2. The number of H-pyrrole nitrogens is 1. The van der Waals surface area contributed by atoms with Crippen molar-refractivity contribution < 1.29 is 0 Å². The quantitative estimate of drug-likeness (QED) is 0.384. The number of anilines is 1. The van der Waals surface area contributed by atoms with Crippen molar-refractivity contribution in [3.05, 3.63) is 82.3 Å². The minimum Gasteiger partial charge on any atom is -0.331 e. The van der Waals surface area contributed by atoms with Crippen LogP contribution in [-0.2, 0) is 0 Å². The molecule has 0 saturated carbocycles. The standard InChI is InChI=1S/C18H17N5OS/c1-13-16(17(24)23(22-13)15-10-6-3-7-11-15)12-19-21-18(25)20-14-8-4-2-5-9-14/h2-12,22H,1H3,(H2,20,21,25)/b19-12+. The zero-order chi connectivity index (χ0) is 17.6. The first-order chi connectivity index (χ1) is 12.1. The lowest BCUT2D eigenvalue weighted by Gasteiger charge is -2.05. The predicted molar refractivity (Wildman–Crippen MR) is 105 cm³/mol. The van der Waals surface area contributed by atoms with Crippen LogP contribution >= 0.6 is 12.2 Å². The number of benzene rings is 2. The molecule has 25 heavy (non-hydrogen) atoms. The fraction of sp³-hybridized carbons (Fsp3) is 0.0556. The van der Waals surface area contributed by atoms with E-state index in [4.69, 9.17) is 12.2 Å². The number of para-hydroxylation sites is 2. The fourth-order valence-electron chi connectivity index (χ4n) is 2.31. The van der Waals surface area contributed by atoms with Crippen molar-refractivity contribution in [2.45, 2.75) is 6.92 Å². The van der Waals surface area contributed by atoms with Gasteiger partial charge in [0.1, 0.15) is 0 Å². The van der Waals surface area contributed by atoms with E-state index in [2.05, 4.69) is 20.9 Å². The number of hydrogen-bond acceptors (Lipinski definition) is 3. The van der Waals surface area contributed by atoms with E-state index in [0.29, 0.717) is 10.7 Å². The maximum absolute atomic E-state index is 12.5. The molecule has 0 spiro atoms. The van der Waals surface area contributed by atoms with Gasteiger partial charge in [-0.2, -0.15) is 5.10 Å². The number of hydrazone groups is 1. The SMILES string of the molecule is Cc1[nH]n(-c2ccccc2)c(=O)c1/C=N/NC(=S)Nc1ccccc1.